The van der Waals surface area contributed by atoms with Gasteiger partial charge in [0.25, 0.3) is 0 Å². The van der Waals surface area contributed by atoms with E-state index >= 15 is 0 Å². The molecule has 2 fully saturated rings. The zero-order valence-electron chi connectivity index (χ0n) is 32.1. The Morgan fingerprint density at radius 1 is 0.691 bits per heavy atom. The molecule has 0 saturated carbocycles. The van der Waals surface area contributed by atoms with Crippen LogP contribution in [0.4, 0.5) is 9.59 Å². The average Bonchev–Trinajstić information content (AvgIpc) is 4.00. The molecule has 2 aromatic carbocycles. The van der Waals surface area contributed by atoms with Crippen LogP contribution in [0.15, 0.2) is 60.9 Å². The van der Waals surface area contributed by atoms with Crippen molar-refractivity contribution in [3.8, 4) is 33.6 Å². The van der Waals surface area contributed by atoms with Gasteiger partial charge in [0.05, 0.1) is 44.9 Å². The maximum absolute atomic E-state index is 13.6. The van der Waals surface area contributed by atoms with Crippen molar-refractivity contribution in [1.82, 2.24) is 40.4 Å². The highest BCUT2D eigenvalue weighted by atomic mass is 16.5. The molecule has 2 aromatic heterocycles. The lowest BCUT2D eigenvalue weighted by Gasteiger charge is -2.37. The molecule has 0 spiro atoms. The molecule has 0 radical (unpaired) electrons. The Kier molecular flexibility index (Phi) is 12.2. The summed E-state index contributed by atoms with van der Waals surface area (Å²) in [5, 5.41) is 5.36. The van der Waals surface area contributed by atoms with Crippen molar-refractivity contribution in [2.75, 3.05) is 40.5 Å². The van der Waals surface area contributed by atoms with Gasteiger partial charge in [0.15, 0.2) is 0 Å². The first-order chi connectivity index (χ1) is 26.5. The van der Waals surface area contributed by atoms with E-state index in [-0.39, 0.29) is 36.3 Å². The molecule has 15 nitrogen and oxygen atoms in total. The molecule has 55 heavy (non-hydrogen) atoms. The summed E-state index contributed by atoms with van der Waals surface area (Å²) < 4.78 is 15.2. The normalized spacial score (nSPS) is 18.3. The van der Waals surface area contributed by atoms with E-state index in [0.717, 1.165) is 46.5 Å². The first kappa shape index (κ1) is 39.0. The van der Waals surface area contributed by atoms with E-state index < -0.39 is 30.3 Å². The first-order valence-corrected chi connectivity index (χ1v) is 18.7. The van der Waals surface area contributed by atoms with Crippen molar-refractivity contribution in [3.63, 3.8) is 0 Å². The van der Waals surface area contributed by atoms with Crippen LogP contribution < -0.4 is 10.6 Å². The molecule has 6 rings (SSSR count). The fraction of sp³-hybridized carbons (Fsp3) is 0.450. The lowest BCUT2D eigenvalue weighted by molar-refractivity contribution is -0.143. The molecule has 1 unspecified atom stereocenters. The number of nitrogens with one attached hydrogen (secondary N) is 4. The third kappa shape index (κ3) is 8.67. The molecule has 4 atom stereocenters. The maximum Gasteiger partial charge on any atom is 0.407 e. The molecular formula is C40H50N8O7. The van der Waals surface area contributed by atoms with Crippen molar-refractivity contribution in [2.24, 2.45) is 11.8 Å². The van der Waals surface area contributed by atoms with Gasteiger partial charge in [-0.3, -0.25) is 9.59 Å². The number of morpholine rings is 1. The molecule has 0 bridgehead atoms. The number of ether oxygens (including phenoxy) is 3. The monoisotopic (exact) mass is 754 g/mol. The largest absolute Gasteiger partial charge is 0.453 e. The Morgan fingerprint density at radius 3 is 1.58 bits per heavy atom. The van der Waals surface area contributed by atoms with Gasteiger partial charge in [-0.2, -0.15) is 0 Å². The van der Waals surface area contributed by atoms with Crippen LogP contribution in [0.1, 0.15) is 64.3 Å². The van der Waals surface area contributed by atoms with E-state index in [1.807, 2.05) is 76.5 Å². The van der Waals surface area contributed by atoms with Crippen LogP contribution in [0, 0.1) is 11.8 Å². The van der Waals surface area contributed by atoms with Crippen molar-refractivity contribution in [2.45, 2.75) is 64.7 Å². The van der Waals surface area contributed by atoms with Crippen LogP contribution in [0.3, 0.4) is 0 Å². The van der Waals surface area contributed by atoms with Gasteiger partial charge < -0.3 is 44.6 Å². The molecular weight excluding hydrogens is 704 g/mol. The second kappa shape index (κ2) is 17.2. The van der Waals surface area contributed by atoms with Gasteiger partial charge in [0.1, 0.15) is 29.8 Å². The Balaban J connectivity index is 1.11. The van der Waals surface area contributed by atoms with Crippen molar-refractivity contribution >= 4 is 24.0 Å². The van der Waals surface area contributed by atoms with Gasteiger partial charge in [-0.1, -0.05) is 76.2 Å². The van der Waals surface area contributed by atoms with Gasteiger partial charge >= 0.3 is 12.2 Å². The number of imidazole rings is 2. The highest BCUT2D eigenvalue weighted by Crippen LogP contribution is 2.34. The molecule has 4 heterocycles. The minimum absolute atomic E-state index is 0.109. The fourth-order valence-corrected chi connectivity index (χ4v) is 7.14. The number of aromatic nitrogens is 4. The third-order valence-corrected chi connectivity index (χ3v) is 10.3. The number of benzene rings is 2. The van der Waals surface area contributed by atoms with Gasteiger partial charge in [-0.15, -0.1) is 0 Å². The molecule has 15 heteroatoms. The van der Waals surface area contributed by atoms with Crippen molar-refractivity contribution < 1.29 is 33.4 Å². The summed E-state index contributed by atoms with van der Waals surface area (Å²) in [6.07, 6.45) is 4.02. The van der Waals surface area contributed by atoms with Gasteiger partial charge in [0.2, 0.25) is 11.8 Å². The summed E-state index contributed by atoms with van der Waals surface area (Å²) in [6.45, 7) is 9.18. The summed E-state index contributed by atoms with van der Waals surface area (Å²) in [5.41, 5.74) is 5.43. The zero-order chi connectivity index (χ0) is 39.2. The van der Waals surface area contributed by atoms with E-state index in [2.05, 4.69) is 32.7 Å². The molecule has 4 amide bonds. The number of methoxy groups -OCH3 is 2. The van der Waals surface area contributed by atoms with E-state index in [9.17, 15) is 19.2 Å². The fourth-order valence-electron chi connectivity index (χ4n) is 7.14. The number of amides is 4. The SMILES string of the molecule is COC(=O)NC(C(=O)N1CCOC[C@H]1c1nc(-c2ccc(-c3ccc(-c4c[nH]c([C@@H]5CCCN5C(=O)[C@@H](NC(=O)OC)C(C)C)n4)cc3)cc2)c[nH]1)C(C)C. The van der Waals surface area contributed by atoms with E-state index in [1.54, 1.807) is 9.80 Å². The number of rotatable bonds is 11. The minimum Gasteiger partial charge on any atom is -0.453 e. The van der Waals surface area contributed by atoms with Crippen molar-refractivity contribution in [1.29, 1.82) is 0 Å². The molecule has 4 aromatic rings. The second-order valence-corrected chi connectivity index (χ2v) is 14.5. The summed E-state index contributed by atoms with van der Waals surface area (Å²) in [6, 6.07) is 14.2. The highest BCUT2D eigenvalue weighted by molar-refractivity contribution is 5.87. The second-order valence-electron chi connectivity index (χ2n) is 14.5. The number of carbonyl (C=O) groups is 4. The van der Waals surface area contributed by atoms with Crippen LogP contribution in [0.2, 0.25) is 0 Å². The predicted molar refractivity (Wildman–Crippen MR) is 204 cm³/mol. The Hall–Kier alpha value is -5.70. The summed E-state index contributed by atoms with van der Waals surface area (Å²) in [7, 11) is 2.56. The number of aromatic amines is 2. The summed E-state index contributed by atoms with van der Waals surface area (Å²) in [4.78, 5) is 70.8. The molecule has 292 valence electrons. The highest BCUT2D eigenvalue weighted by Gasteiger charge is 2.38. The van der Waals surface area contributed by atoms with Crippen LogP contribution >= 0.6 is 0 Å². The summed E-state index contributed by atoms with van der Waals surface area (Å²) in [5.74, 6) is 0.702. The van der Waals surface area contributed by atoms with Crippen LogP contribution in [-0.4, -0.2) is 106 Å². The number of hydrogen-bond donors (Lipinski definition) is 4. The standard InChI is InChI=1S/C40H50N8O7/c1-23(2)33(45-39(51)53-5)37(49)47-17-7-8-31(47)35-41-20-29(43-35)27-13-9-25(10-14-27)26-11-15-28(16-12-26)30-21-42-36(44-30)32-22-55-19-18-48(32)38(50)34(24(3)4)46-40(52)54-6/h9-16,20-21,23-24,31-34H,7-8,17-19,22H2,1-6H3,(H,41,43)(H,42,44)(H,45,51)(H,46,52)/t31-,32-,33-,34?/m0/s1. The lowest BCUT2D eigenvalue weighted by Crippen LogP contribution is -2.54. The van der Waals surface area contributed by atoms with Crippen LogP contribution in [-0.2, 0) is 23.8 Å². The van der Waals surface area contributed by atoms with Gasteiger partial charge in [0, 0.05) is 36.6 Å². The number of H-pyrrole nitrogens is 2. The van der Waals surface area contributed by atoms with E-state index in [4.69, 9.17) is 24.2 Å². The number of hydrogen-bond acceptors (Lipinski definition) is 9. The number of alkyl carbamates (subject to hydrolysis) is 2. The number of nitrogens with zero attached hydrogens (tertiary/aromatic N) is 4. The van der Waals surface area contributed by atoms with Gasteiger partial charge in [-0.25, -0.2) is 19.6 Å². The smallest absolute Gasteiger partial charge is 0.407 e. The quantitative estimate of drug-likeness (QED) is 0.155. The summed E-state index contributed by atoms with van der Waals surface area (Å²) >= 11 is 0. The van der Waals surface area contributed by atoms with Crippen LogP contribution in [0.5, 0.6) is 0 Å². The number of carbonyl (C=O) groups excluding carboxylic acids is 4. The maximum atomic E-state index is 13.6. The Labute approximate surface area is 320 Å². The topological polar surface area (TPSA) is 184 Å². The molecule has 4 N–H and O–H groups in total. The number of likely N-dealkylation sites (tertiary alicyclic amines) is 1. The average molecular weight is 755 g/mol. The first-order valence-electron chi connectivity index (χ1n) is 18.7. The molecule has 2 saturated heterocycles. The Bertz CT molecular complexity index is 1960. The third-order valence-electron chi connectivity index (χ3n) is 10.3. The lowest BCUT2D eigenvalue weighted by atomic mass is 10.0. The van der Waals surface area contributed by atoms with E-state index in [1.165, 1.54) is 14.2 Å². The molecule has 0 aliphatic carbocycles. The van der Waals surface area contributed by atoms with Gasteiger partial charge in [-0.05, 0) is 35.8 Å². The minimum atomic E-state index is -0.747. The zero-order valence-corrected chi connectivity index (χ0v) is 32.1. The molecule has 2 aliphatic rings. The molecule has 2 aliphatic heterocycles. The van der Waals surface area contributed by atoms with Crippen molar-refractivity contribution in [3.05, 3.63) is 72.6 Å². The Morgan fingerprint density at radius 2 is 1.13 bits per heavy atom. The van der Waals surface area contributed by atoms with E-state index in [0.29, 0.717) is 31.3 Å². The van der Waals surface area contributed by atoms with Crippen LogP contribution in [0.25, 0.3) is 33.6 Å². The predicted octanol–water partition coefficient (Wildman–Crippen LogP) is 5.46.